The Labute approximate surface area is 152 Å². The second-order valence-corrected chi connectivity index (χ2v) is 7.09. The van der Waals surface area contributed by atoms with Gasteiger partial charge in [-0.3, -0.25) is 9.79 Å². The number of amides is 1. The number of hydrogen-bond donors (Lipinski definition) is 2. The Morgan fingerprint density at radius 1 is 1.17 bits per heavy atom. The highest BCUT2D eigenvalue weighted by Gasteiger charge is 2.30. The first-order valence-corrected chi connectivity index (χ1v) is 9.03. The number of aliphatic imine (C=N–C) groups is 1. The van der Waals surface area contributed by atoms with Crippen LogP contribution in [-0.2, 0) is 4.79 Å². The highest BCUT2D eigenvalue weighted by atomic mass is 79.9. The van der Waals surface area contributed by atoms with Gasteiger partial charge in [-0.05, 0) is 31.4 Å². The molecule has 2 aliphatic rings. The number of benzene rings is 1. The highest BCUT2D eigenvalue weighted by Crippen LogP contribution is 2.26. The lowest BCUT2D eigenvalue weighted by Gasteiger charge is -2.17. The lowest BCUT2D eigenvalue weighted by atomic mass is 9.96. The van der Waals surface area contributed by atoms with E-state index in [0.29, 0.717) is 6.04 Å². The first kappa shape index (κ1) is 18.3. The van der Waals surface area contributed by atoms with Crippen LogP contribution < -0.4 is 10.6 Å². The predicted molar refractivity (Wildman–Crippen MR) is 104 cm³/mol. The molecule has 0 radical (unpaired) electrons. The molecule has 1 saturated carbocycles. The molecule has 1 aliphatic carbocycles. The first-order chi connectivity index (χ1) is 10.8. The van der Waals surface area contributed by atoms with Gasteiger partial charge in [0.25, 0.3) is 0 Å². The molecule has 23 heavy (non-hydrogen) atoms. The number of thioether (sulfide) groups is 1. The number of para-hydroxylation sites is 1. The lowest BCUT2D eigenvalue weighted by Crippen LogP contribution is -2.27. The van der Waals surface area contributed by atoms with Gasteiger partial charge in [0, 0.05) is 12.2 Å². The fourth-order valence-corrected chi connectivity index (χ4v) is 3.98. The standard InChI is InChI=1S/C17H23N3OS.BrH/c21-16-15(11-12-18-13-7-3-1-4-8-13)22-17(20-16)19-14-9-5-2-6-10-14;/h1,3-4,7-8,14-15,18H,2,5-6,9-12H2,(H,19,20,21);1H. The van der Waals surface area contributed by atoms with E-state index >= 15 is 0 Å². The maximum atomic E-state index is 12.0. The van der Waals surface area contributed by atoms with E-state index in [1.807, 2.05) is 30.3 Å². The number of anilines is 1. The molecule has 3 rings (SSSR count). The van der Waals surface area contributed by atoms with Crippen molar-refractivity contribution >= 4 is 45.5 Å². The van der Waals surface area contributed by atoms with Gasteiger partial charge in [-0.25, -0.2) is 0 Å². The summed E-state index contributed by atoms with van der Waals surface area (Å²) in [5.74, 6) is 0.106. The molecule has 1 aliphatic heterocycles. The monoisotopic (exact) mass is 397 g/mol. The summed E-state index contributed by atoms with van der Waals surface area (Å²) in [4.78, 5) is 16.8. The van der Waals surface area contributed by atoms with E-state index in [4.69, 9.17) is 4.99 Å². The van der Waals surface area contributed by atoms with Gasteiger partial charge in [0.2, 0.25) is 5.91 Å². The molecule has 0 aromatic heterocycles. The number of nitrogens with zero attached hydrogens (tertiary/aromatic N) is 1. The molecule has 2 fully saturated rings. The van der Waals surface area contributed by atoms with Crippen molar-refractivity contribution in [1.82, 2.24) is 5.32 Å². The van der Waals surface area contributed by atoms with Crippen molar-refractivity contribution in [3.8, 4) is 0 Å². The average molecular weight is 398 g/mol. The molecule has 1 aromatic carbocycles. The molecule has 0 bridgehead atoms. The summed E-state index contributed by atoms with van der Waals surface area (Å²) in [6, 6.07) is 10.5. The van der Waals surface area contributed by atoms with Crippen LogP contribution in [0, 0.1) is 0 Å². The number of amidine groups is 1. The van der Waals surface area contributed by atoms with Crippen LogP contribution >= 0.6 is 28.7 Å². The minimum atomic E-state index is -0.0152. The molecular formula is C17H24BrN3OS. The van der Waals surface area contributed by atoms with Crippen molar-refractivity contribution in [1.29, 1.82) is 0 Å². The summed E-state index contributed by atoms with van der Waals surface area (Å²) in [7, 11) is 0. The number of carbonyl (C=O) groups is 1. The first-order valence-electron chi connectivity index (χ1n) is 8.15. The molecule has 1 saturated heterocycles. The third-order valence-electron chi connectivity index (χ3n) is 4.16. The Balaban J connectivity index is 0.00000192. The van der Waals surface area contributed by atoms with Crippen molar-refractivity contribution < 1.29 is 4.79 Å². The Kier molecular flexibility index (Phi) is 7.43. The fraction of sp³-hybridized carbons (Fsp3) is 0.529. The quantitative estimate of drug-likeness (QED) is 0.789. The molecule has 1 heterocycles. The molecule has 1 unspecified atom stereocenters. The van der Waals surface area contributed by atoms with Crippen LogP contribution in [0.15, 0.2) is 35.3 Å². The minimum absolute atomic E-state index is 0. The number of nitrogens with one attached hydrogen (secondary N) is 2. The van der Waals surface area contributed by atoms with Gasteiger partial charge >= 0.3 is 0 Å². The summed E-state index contributed by atoms with van der Waals surface area (Å²) in [6.07, 6.45) is 7.01. The van der Waals surface area contributed by atoms with Gasteiger partial charge in [-0.1, -0.05) is 49.2 Å². The van der Waals surface area contributed by atoms with Crippen LogP contribution in [0.3, 0.4) is 0 Å². The third kappa shape index (κ3) is 5.53. The summed E-state index contributed by atoms with van der Waals surface area (Å²) in [6.45, 7) is 0.797. The van der Waals surface area contributed by atoms with Crippen LogP contribution in [0.25, 0.3) is 0 Å². The number of rotatable bonds is 5. The van der Waals surface area contributed by atoms with E-state index in [1.165, 1.54) is 32.1 Å². The summed E-state index contributed by atoms with van der Waals surface area (Å²) in [5.41, 5.74) is 1.10. The van der Waals surface area contributed by atoms with E-state index in [2.05, 4.69) is 10.6 Å². The van der Waals surface area contributed by atoms with E-state index in [9.17, 15) is 4.79 Å². The van der Waals surface area contributed by atoms with Crippen molar-refractivity contribution in [3.05, 3.63) is 30.3 Å². The van der Waals surface area contributed by atoms with Gasteiger partial charge in [0.05, 0.1) is 11.3 Å². The molecule has 1 amide bonds. The molecular weight excluding hydrogens is 374 g/mol. The molecule has 4 nitrogen and oxygen atoms in total. The fourth-order valence-electron chi connectivity index (χ4n) is 2.94. The molecule has 1 atom stereocenters. The lowest BCUT2D eigenvalue weighted by molar-refractivity contribution is -0.118. The maximum absolute atomic E-state index is 12.0. The van der Waals surface area contributed by atoms with Crippen LogP contribution in [0.4, 0.5) is 5.69 Å². The number of halogens is 1. The molecule has 0 spiro atoms. The molecule has 1 aromatic rings. The van der Waals surface area contributed by atoms with Gasteiger partial charge in [-0.15, -0.1) is 17.0 Å². The van der Waals surface area contributed by atoms with Crippen molar-refractivity contribution in [3.63, 3.8) is 0 Å². The largest absolute Gasteiger partial charge is 0.385 e. The van der Waals surface area contributed by atoms with Crippen molar-refractivity contribution in [2.75, 3.05) is 11.9 Å². The van der Waals surface area contributed by atoms with Gasteiger partial charge < -0.3 is 10.6 Å². The van der Waals surface area contributed by atoms with E-state index in [0.717, 1.165) is 23.8 Å². The topological polar surface area (TPSA) is 53.5 Å². The summed E-state index contributed by atoms with van der Waals surface area (Å²) in [5, 5.41) is 7.12. The SMILES string of the molecule is Br.O=C1NC(=NC2CCCCC2)SC1CCNc1ccccc1. The molecule has 6 heteroatoms. The summed E-state index contributed by atoms with van der Waals surface area (Å²) < 4.78 is 0. The molecule has 2 N–H and O–H groups in total. The number of carbonyl (C=O) groups excluding carboxylic acids is 1. The Morgan fingerprint density at radius 2 is 1.91 bits per heavy atom. The smallest absolute Gasteiger partial charge is 0.239 e. The van der Waals surface area contributed by atoms with Crippen LogP contribution in [0.5, 0.6) is 0 Å². The predicted octanol–water partition coefficient (Wildman–Crippen LogP) is 3.99. The second kappa shape index (κ2) is 9.33. The second-order valence-electron chi connectivity index (χ2n) is 5.90. The minimum Gasteiger partial charge on any atom is -0.385 e. The zero-order chi connectivity index (χ0) is 15.2. The van der Waals surface area contributed by atoms with Crippen LogP contribution in [0.2, 0.25) is 0 Å². The zero-order valence-corrected chi connectivity index (χ0v) is 15.7. The highest BCUT2D eigenvalue weighted by molar-refractivity contribution is 8.93. The normalized spacial score (nSPS) is 23.4. The number of hydrogen-bond acceptors (Lipinski definition) is 4. The Morgan fingerprint density at radius 3 is 2.65 bits per heavy atom. The van der Waals surface area contributed by atoms with Crippen molar-refractivity contribution in [2.24, 2.45) is 4.99 Å². The van der Waals surface area contributed by atoms with Crippen LogP contribution in [0.1, 0.15) is 38.5 Å². The molecule has 126 valence electrons. The van der Waals surface area contributed by atoms with E-state index in [-0.39, 0.29) is 28.1 Å². The van der Waals surface area contributed by atoms with E-state index in [1.54, 1.807) is 11.8 Å². The van der Waals surface area contributed by atoms with Crippen molar-refractivity contribution in [2.45, 2.75) is 49.8 Å². The Bertz CT molecular complexity index is 532. The summed E-state index contributed by atoms with van der Waals surface area (Å²) >= 11 is 1.60. The van der Waals surface area contributed by atoms with Gasteiger partial charge in [0.15, 0.2) is 5.17 Å². The van der Waals surface area contributed by atoms with E-state index < -0.39 is 0 Å². The maximum Gasteiger partial charge on any atom is 0.239 e. The van der Waals surface area contributed by atoms with Crippen LogP contribution in [-0.4, -0.2) is 28.9 Å². The van der Waals surface area contributed by atoms with Gasteiger partial charge in [-0.2, -0.15) is 0 Å². The Hall–Kier alpha value is -1.01. The third-order valence-corrected chi connectivity index (χ3v) is 5.33. The average Bonchev–Trinajstić information content (AvgIpc) is 2.89. The zero-order valence-electron chi connectivity index (χ0n) is 13.2. The van der Waals surface area contributed by atoms with Gasteiger partial charge in [0.1, 0.15) is 0 Å².